The molecular formula is C12H22N4. The molecule has 0 aromatic carbocycles. The normalized spacial score (nSPS) is 19.2. The molecule has 1 aliphatic carbocycles. The molecule has 0 saturated heterocycles. The van der Waals surface area contributed by atoms with E-state index in [-0.39, 0.29) is 0 Å². The molecule has 4 nitrogen and oxygen atoms in total. The van der Waals surface area contributed by atoms with Crippen LogP contribution in [0, 0.1) is 0 Å². The Morgan fingerprint density at radius 3 is 2.56 bits per heavy atom. The fraction of sp³-hybridized carbons (Fsp3) is 0.833. The molecule has 0 bridgehead atoms. The number of hydrogen-bond donors (Lipinski definition) is 1. The Kier molecular flexibility index (Phi) is 4.80. The molecule has 0 amide bonds. The first-order valence-electron chi connectivity index (χ1n) is 6.52. The fourth-order valence-electron chi connectivity index (χ4n) is 2.40. The van der Waals surface area contributed by atoms with Crippen molar-refractivity contribution in [2.75, 3.05) is 6.54 Å². The van der Waals surface area contributed by atoms with Crippen LogP contribution in [0.5, 0.6) is 0 Å². The summed E-state index contributed by atoms with van der Waals surface area (Å²) < 4.78 is 1.88. The summed E-state index contributed by atoms with van der Waals surface area (Å²) >= 11 is 0. The standard InChI is InChI=1S/C12H22N4/c1-2-4-6-12(7-5-3-1)13-8-10-16-11-9-14-15-16/h9,11-13H,1-8,10H2. The zero-order chi connectivity index (χ0) is 11.1. The summed E-state index contributed by atoms with van der Waals surface area (Å²) in [5.41, 5.74) is 0. The first-order chi connectivity index (χ1) is 7.95. The van der Waals surface area contributed by atoms with Gasteiger partial charge in [0.2, 0.25) is 0 Å². The van der Waals surface area contributed by atoms with Gasteiger partial charge >= 0.3 is 0 Å². The van der Waals surface area contributed by atoms with Crippen molar-refractivity contribution in [1.82, 2.24) is 20.3 Å². The Labute approximate surface area is 97.4 Å². The molecule has 1 aliphatic rings. The summed E-state index contributed by atoms with van der Waals surface area (Å²) in [6, 6.07) is 0.726. The van der Waals surface area contributed by atoms with Crippen molar-refractivity contribution < 1.29 is 0 Å². The third-order valence-corrected chi connectivity index (χ3v) is 3.35. The van der Waals surface area contributed by atoms with Crippen molar-refractivity contribution in [1.29, 1.82) is 0 Å². The highest BCUT2D eigenvalue weighted by molar-refractivity contribution is 4.70. The molecule has 1 N–H and O–H groups in total. The number of hydrogen-bond acceptors (Lipinski definition) is 3. The Morgan fingerprint density at radius 2 is 1.88 bits per heavy atom. The van der Waals surface area contributed by atoms with Crippen molar-refractivity contribution in [3.05, 3.63) is 12.4 Å². The molecule has 16 heavy (non-hydrogen) atoms. The third kappa shape index (κ3) is 3.93. The van der Waals surface area contributed by atoms with Crippen molar-refractivity contribution in [2.45, 2.75) is 57.5 Å². The maximum absolute atomic E-state index is 3.96. The van der Waals surface area contributed by atoms with Gasteiger partial charge in [0.15, 0.2) is 0 Å². The molecule has 2 rings (SSSR count). The second-order valence-electron chi connectivity index (χ2n) is 4.66. The number of nitrogens with one attached hydrogen (secondary N) is 1. The molecular weight excluding hydrogens is 200 g/mol. The maximum Gasteiger partial charge on any atom is 0.0692 e. The van der Waals surface area contributed by atoms with Gasteiger partial charge in [-0.15, -0.1) is 5.10 Å². The van der Waals surface area contributed by atoms with Crippen LogP contribution < -0.4 is 5.32 Å². The summed E-state index contributed by atoms with van der Waals surface area (Å²) in [7, 11) is 0. The lowest BCUT2D eigenvalue weighted by Gasteiger charge is -2.20. The van der Waals surface area contributed by atoms with E-state index >= 15 is 0 Å². The highest BCUT2D eigenvalue weighted by atomic mass is 15.4. The minimum atomic E-state index is 0.726. The average molecular weight is 222 g/mol. The van der Waals surface area contributed by atoms with E-state index in [1.807, 2.05) is 10.9 Å². The van der Waals surface area contributed by atoms with Crippen LogP contribution in [0.2, 0.25) is 0 Å². The average Bonchev–Trinajstić information content (AvgIpc) is 2.73. The fourth-order valence-corrected chi connectivity index (χ4v) is 2.40. The first-order valence-corrected chi connectivity index (χ1v) is 6.52. The monoisotopic (exact) mass is 222 g/mol. The molecule has 90 valence electrons. The molecule has 0 radical (unpaired) electrons. The van der Waals surface area contributed by atoms with Crippen LogP contribution >= 0.6 is 0 Å². The molecule has 0 atom stereocenters. The molecule has 1 saturated carbocycles. The van der Waals surface area contributed by atoms with E-state index in [9.17, 15) is 0 Å². The van der Waals surface area contributed by atoms with Crippen LogP contribution in [0.1, 0.15) is 44.9 Å². The number of aromatic nitrogens is 3. The van der Waals surface area contributed by atoms with E-state index in [0.717, 1.165) is 19.1 Å². The van der Waals surface area contributed by atoms with Crippen molar-refractivity contribution >= 4 is 0 Å². The van der Waals surface area contributed by atoms with Gasteiger partial charge in [-0.2, -0.15) is 0 Å². The molecule has 1 heterocycles. The number of nitrogens with zero attached hydrogens (tertiary/aromatic N) is 3. The number of rotatable bonds is 4. The smallest absolute Gasteiger partial charge is 0.0692 e. The molecule has 0 aliphatic heterocycles. The van der Waals surface area contributed by atoms with E-state index in [0.29, 0.717) is 0 Å². The quantitative estimate of drug-likeness (QED) is 0.847. The predicted molar refractivity (Wildman–Crippen MR) is 64.1 cm³/mol. The highest BCUT2D eigenvalue weighted by Gasteiger charge is 2.09. The molecule has 1 aromatic rings. The molecule has 1 fully saturated rings. The van der Waals surface area contributed by atoms with Gasteiger partial charge in [0.05, 0.1) is 12.7 Å². The Balaban J connectivity index is 1.64. The van der Waals surface area contributed by atoms with E-state index in [1.54, 1.807) is 6.20 Å². The summed E-state index contributed by atoms with van der Waals surface area (Å²) in [6.07, 6.45) is 13.4. The first kappa shape index (κ1) is 11.6. The SMILES string of the molecule is c1cn(CCNC2CCCCCCC2)nn1. The Morgan fingerprint density at radius 1 is 1.12 bits per heavy atom. The van der Waals surface area contributed by atoms with E-state index in [2.05, 4.69) is 15.6 Å². The summed E-state index contributed by atoms with van der Waals surface area (Å²) in [4.78, 5) is 0. The molecule has 0 unspecified atom stereocenters. The van der Waals surface area contributed by atoms with Gasteiger partial charge in [-0.1, -0.05) is 37.3 Å². The lowest BCUT2D eigenvalue weighted by Crippen LogP contribution is -2.32. The van der Waals surface area contributed by atoms with Crippen LogP contribution in [0.25, 0.3) is 0 Å². The molecule has 0 spiro atoms. The van der Waals surface area contributed by atoms with E-state index < -0.39 is 0 Å². The lowest BCUT2D eigenvalue weighted by molar-refractivity contribution is 0.379. The van der Waals surface area contributed by atoms with Gasteiger partial charge in [0.1, 0.15) is 0 Å². The summed E-state index contributed by atoms with van der Waals surface area (Å²) in [6.45, 7) is 1.94. The maximum atomic E-state index is 3.96. The van der Waals surface area contributed by atoms with E-state index in [1.165, 1.54) is 44.9 Å². The van der Waals surface area contributed by atoms with Crippen molar-refractivity contribution in [2.24, 2.45) is 0 Å². The van der Waals surface area contributed by atoms with Gasteiger partial charge in [-0.05, 0) is 12.8 Å². The topological polar surface area (TPSA) is 42.7 Å². The molecule has 1 aromatic heterocycles. The van der Waals surface area contributed by atoms with Gasteiger partial charge in [-0.3, -0.25) is 4.68 Å². The zero-order valence-electron chi connectivity index (χ0n) is 9.94. The minimum Gasteiger partial charge on any atom is -0.312 e. The lowest BCUT2D eigenvalue weighted by atomic mass is 9.97. The third-order valence-electron chi connectivity index (χ3n) is 3.35. The van der Waals surface area contributed by atoms with Crippen LogP contribution in [-0.2, 0) is 6.54 Å². The van der Waals surface area contributed by atoms with E-state index in [4.69, 9.17) is 0 Å². The Hall–Kier alpha value is -0.900. The van der Waals surface area contributed by atoms with Gasteiger partial charge in [0.25, 0.3) is 0 Å². The minimum absolute atomic E-state index is 0.726. The Bertz CT molecular complexity index is 263. The van der Waals surface area contributed by atoms with Crippen LogP contribution in [0.4, 0.5) is 0 Å². The van der Waals surface area contributed by atoms with Gasteiger partial charge in [0, 0.05) is 18.8 Å². The summed E-state index contributed by atoms with van der Waals surface area (Å²) in [5, 5.41) is 11.4. The summed E-state index contributed by atoms with van der Waals surface area (Å²) in [5.74, 6) is 0. The molecule has 4 heteroatoms. The highest BCUT2D eigenvalue weighted by Crippen LogP contribution is 2.16. The van der Waals surface area contributed by atoms with Gasteiger partial charge in [-0.25, -0.2) is 0 Å². The second-order valence-corrected chi connectivity index (χ2v) is 4.66. The van der Waals surface area contributed by atoms with Crippen LogP contribution in [0.3, 0.4) is 0 Å². The predicted octanol–water partition coefficient (Wildman–Crippen LogP) is 1.98. The van der Waals surface area contributed by atoms with Crippen molar-refractivity contribution in [3.63, 3.8) is 0 Å². The zero-order valence-corrected chi connectivity index (χ0v) is 9.94. The van der Waals surface area contributed by atoms with Crippen molar-refractivity contribution in [3.8, 4) is 0 Å². The van der Waals surface area contributed by atoms with Crippen LogP contribution in [-0.4, -0.2) is 27.6 Å². The van der Waals surface area contributed by atoms with Gasteiger partial charge < -0.3 is 5.32 Å². The largest absolute Gasteiger partial charge is 0.312 e. The second kappa shape index (κ2) is 6.63. The van der Waals surface area contributed by atoms with Crippen LogP contribution in [0.15, 0.2) is 12.4 Å².